The van der Waals surface area contributed by atoms with Gasteiger partial charge >= 0.3 is 0 Å². The lowest BCUT2D eigenvalue weighted by atomic mass is 10.1. The van der Waals surface area contributed by atoms with Gasteiger partial charge in [0.2, 0.25) is 5.91 Å². The number of H-pyrrole nitrogens is 1. The number of aromatic nitrogens is 3. The highest BCUT2D eigenvalue weighted by molar-refractivity contribution is 5.95. The Morgan fingerprint density at radius 2 is 1.93 bits per heavy atom. The van der Waals surface area contributed by atoms with Crippen LogP contribution in [0.3, 0.4) is 0 Å². The highest BCUT2D eigenvalue weighted by Gasteiger charge is 2.24. The molecule has 0 unspecified atom stereocenters. The van der Waals surface area contributed by atoms with Gasteiger partial charge in [0.1, 0.15) is 0 Å². The highest BCUT2D eigenvalue weighted by atomic mass is 16.2. The summed E-state index contributed by atoms with van der Waals surface area (Å²) in [5.41, 5.74) is 4.01. The van der Waals surface area contributed by atoms with E-state index in [0.717, 1.165) is 23.2 Å². The summed E-state index contributed by atoms with van der Waals surface area (Å²) < 4.78 is 1.41. The van der Waals surface area contributed by atoms with Crippen LogP contribution < -0.4 is 10.5 Å². The molecule has 0 aliphatic carbocycles. The van der Waals surface area contributed by atoms with Crippen molar-refractivity contribution in [3.05, 3.63) is 63.7 Å². The van der Waals surface area contributed by atoms with Crippen molar-refractivity contribution < 1.29 is 4.79 Å². The van der Waals surface area contributed by atoms with Gasteiger partial charge in [0.05, 0.1) is 29.1 Å². The van der Waals surface area contributed by atoms with Crippen LogP contribution in [-0.2, 0) is 4.79 Å². The van der Waals surface area contributed by atoms with Crippen LogP contribution in [0.4, 0.5) is 5.69 Å². The molecule has 3 heterocycles. The second-order valence-electron chi connectivity index (χ2n) is 6.92. The van der Waals surface area contributed by atoms with Crippen molar-refractivity contribution in [3.63, 3.8) is 0 Å². The molecule has 1 saturated heterocycles. The number of benzene rings is 1. The molecular formula is C21H19N5O2. The number of nitrogens with zero attached hydrogens (tertiary/aromatic N) is 4. The zero-order valence-corrected chi connectivity index (χ0v) is 15.7. The van der Waals surface area contributed by atoms with E-state index in [4.69, 9.17) is 5.26 Å². The fourth-order valence-corrected chi connectivity index (χ4v) is 3.60. The number of hydrogen-bond donors (Lipinski definition) is 1. The van der Waals surface area contributed by atoms with Gasteiger partial charge in [-0.15, -0.1) is 0 Å². The van der Waals surface area contributed by atoms with Gasteiger partial charge in [0.15, 0.2) is 5.82 Å². The van der Waals surface area contributed by atoms with Crippen molar-refractivity contribution in [1.82, 2.24) is 14.8 Å². The van der Waals surface area contributed by atoms with Crippen molar-refractivity contribution in [3.8, 4) is 23.0 Å². The number of carbonyl (C=O) groups excluding carboxylic acids is 1. The van der Waals surface area contributed by atoms with Gasteiger partial charge in [-0.05, 0) is 49.6 Å². The molecule has 1 aromatic carbocycles. The zero-order chi connectivity index (χ0) is 19.8. The Kier molecular flexibility index (Phi) is 4.32. The number of rotatable bonds is 3. The second kappa shape index (κ2) is 6.82. The van der Waals surface area contributed by atoms with Crippen LogP contribution in [0.5, 0.6) is 0 Å². The number of aryl methyl sites for hydroxylation is 2. The molecule has 1 N–H and O–H groups in total. The van der Waals surface area contributed by atoms with Gasteiger partial charge < -0.3 is 4.90 Å². The zero-order valence-electron chi connectivity index (χ0n) is 15.7. The van der Waals surface area contributed by atoms with Gasteiger partial charge in [-0.1, -0.05) is 12.1 Å². The van der Waals surface area contributed by atoms with E-state index in [1.807, 2.05) is 13.8 Å². The SMILES string of the molecule is Cc1cc(-n2[nH]c(C)c(-c3ccc(C#N)cc3)c2=O)ncc1N1CCCC1=O. The number of nitrogens with one attached hydrogen (secondary N) is 1. The Labute approximate surface area is 161 Å². The molecule has 0 spiro atoms. The number of amides is 1. The maximum atomic E-state index is 13.0. The first-order valence-corrected chi connectivity index (χ1v) is 9.09. The second-order valence-corrected chi connectivity index (χ2v) is 6.92. The monoisotopic (exact) mass is 373 g/mol. The minimum atomic E-state index is -0.209. The molecule has 0 atom stereocenters. The number of hydrogen-bond acceptors (Lipinski definition) is 4. The first-order valence-electron chi connectivity index (χ1n) is 9.09. The summed E-state index contributed by atoms with van der Waals surface area (Å²) >= 11 is 0. The maximum Gasteiger partial charge on any atom is 0.280 e. The van der Waals surface area contributed by atoms with E-state index in [1.165, 1.54) is 4.68 Å². The molecule has 1 aliphatic heterocycles. The van der Waals surface area contributed by atoms with Gasteiger partial charge in [0.25, 0.3) is 5.56 Å². The predicted octanol–water partition coefficient (Wildman–Crippen LogP) is 2.84. The van der Waals surface area contributed by atoms with E-state index < -0.39 is 0 Å². The topological polar surface area (TPSA) is 94.8 Å². The van der Waals surface area contributed by atoms with E-state index in [-0.39, 0.29) is 11.5 Å². The van der Waals surface area contributed by atoms with Crippen LogP contribution in [0.15, 0.2) is 41.3 Å². The molecule has 7 heteroatoms. The third-order valence-corrected chi connectivity index (χ3v) is 5.04. The van der Waals surface area contributed by atoms with Crippen molar-refractivity contribution in [1.29, 1.82) is 5.26 Å². The Balaban J connectivity index is 1.74. The summed E-state index contributed by atoms with van der Waals surface area (Å²) in [7, 11) is 0. The Bertz CT molecular complexity index is 1160. The summed E-state index contributed by atoms with van der Waals surface area (Å²) in [6, 6.07) is 10.8. The molecule has 1 fully saturated rings. The number of pyridine rings is 1. The largest absolute Gasteiger partial charge is 0.311 e. The maximum absolute atomic E-state index is 13.0. The molecular weight excluding hydrogens is 354 g/mol. The summed E-state index contributed by atoms with van der Waals surface area (Å²) in [5, 5.41) is 12.0. The Hall–Kier alpha value is -3.66. The summed E-state index contributed by atoms with van der Waals surface area (Å²) in [5.74, 6) is 0.578. The molecule has 0 bridgehead atoms. The summed E-state index contributed by atoms with van der Waals surface area (Å²) in [6.45, 7) is 4.44. The highest BCUT2D eigenvalue weighted by Crippen LogP contribution is 2.26. The third-order valence-electron chi connectivity index (χ3n) is 5.04. The Morgan fingerprint density at radius 3 is 2.54 bits per heavy atom. The minimum Gasteiger partial charge on any atom is -0.311 e. The van der Waals surface area contributed by atoms with Crippen LogP contribution in [0, 0.1) is 25.2 Å². The smallest absolute Gasteiger partial charge is 0.280 e. The summed E-state index contributed by atoms with van der Waals surface area (Å²) in [6.07, 6.45) is 3.06. The number of nitriles is 1. The van der Waals surface area contributed by atoms with E-state index in [0.29, 0.717) is 35.6 Å². The average Bonchev–Trinajstić information content (AvgIpc) is 3.24. The van der Waals surface area contributed by atoms with E-state index in [9.17, 15) is 9.59 Å². The molecule has 7 nitrogen and oxygen atoms in total. The lowest BCUT2D eigenvalue weighted by Gasteiger charge is -2.18. The lowest BCUT2D eigenvalue weighted by molar-refractivity contribution is -0.117. The standard InChI is InChI=1S/C21H19N5O2/c1-13-10-18(23-12-17(13)25-9-3-4-19(25)27)26-21(28)20(14(2)24-26)16-7-5-15(11-22)6-8-16/h5-8,10,12,24H,3-4,9H2,1-2H3. The van der Waals surface area contributed by atoms with Gasteiger partial charge in [-0.3, -0.25) is 14.7 Å². The number of anilines is 1. The molecule has 28 heavy (non-hydrogen) atoms. The van der Waals surface area contributed by atoms with Crippen LogP contribution in [0.25, 0.3) is 16.9 Å². The van der Waals surface area contributed by atoms with Crippen molar-refractivity contribution >= 4 is 11.6 Å². The third kappa shape index (κ3) is 2.89. The molecule has 140 valence electrons. The summed E-state index contributed by atoms with van der Waals surface area (Å²) in [4.78, 5) is 31.2. The number of carbonyl (C=O) groups is 1. The quantitative estimate of drug-likeness (QED) is 0.764. The molecule has 0 saturated carbocycles. The van der Waals surface area contributed by atoms with E-state index >= 15 is 0 Å². The average molecular weight is 373 g/mol. The molecule has 0 radical (unpaired) electrons. The normalized spacial score (nSPS) is 13.8. The predicted molar refractivity (Wildman–Crippen MR) is 105 cm³/mol. The van der Waals surface area contributed by atoms with Gasteiger partial charge in [-0.25, -0.2) is 9.67 Å². The van der Waals surface area contributed by atoms with Crippen LogP contribution in [-0.4, -0.2) is 27.2 Å². The molecule has 1 aliphatic rings. The van der Waals surface area contributed by atoms with Crippen molar-refractivity contribution in [2.75, 3.05) is 11.4 Å². The first kappa shape index (κ1) is 17.7. The van der Waals surface area contributed by atoms with Crippen molar-refractivity contribution in [2.24, 2.45) is 0 Å². The van der Waals surface area contributed by atoms with Crippen LogP contribution in [0.2, 0.25) is 0 Å². The fourth-order valence-electron chi connectivity index (χ4n) is 3.60. The van der Waals surface area contributed by atoms with Crippen molar-refractivity contribution in [2.45, 2.75) is 26.7 Å². The molecule has 4 rings (SSSR count). The fraction of sp³-hybridized carbons (Fsp3) is 0.238. The molecule has 2 aromatic heterocycles. The van der Waals surface area contributed by atoms with Crippen LogP contribution >= 0.6 is 0 Å². The lowest BCUT2D eigenvalue weighted by Crippen LogP contribution is -2.25. The van der Waals surface area contributed by atoms with Gasteiger partial charge in [0, 0.05) is 18.7 Å². The van der Waals surface area contributed by atoms with Gasteiger partial charge in [-0.2, -0.15) is 5.26 Å². The van der Waals surface area contributed by atoms with E-state index in [1.54, 1.807) is 41.4 Å². The van der Waals surface area contributed by atoms with E-state index in [2.05, 4.69) is 16.2 Å². The number of aromatic amines is 1. The van der Waals surface area contributed by atoms with Crippen LogP contribution in [0.1, 0.15) is 29.7 Å². The molecule has 3 aromatic rings. The molecule has 1 amide bonds. The Morgan fingerprint density at radius 1 is 1.18 bits per heavy atom. The minimum absolute atomic E-state index is 0.105. The first-order chi connectivity index (χ1) is 13.5.